The van der Waals surface area contributed by atoms with Gasteiger partial charge in [-0.1, -0.05) is 6.92 Å². The molecule has 1 aliphatic rings. The van der Waals surface area contributed by atoms with E-state index in [4.69, 9.17) is 0 Å². The highest BCUT2D eigenvalue weighted by molar-refractivity contribution is 6.05. The second kappa shape index (κ2) is 5.97. The Balaban J connectivity index is 1.85. The highest BCUT2D eigenvalue weighted by Gasteiger charge is 2.40. The summed E-state index contributed by atoms with van der Waals surface area (Å²) in [6.45, 7) is 5.27. The third kappa shape index (κ3) is 3.01. The zero-order valence-electron chi connectivity index (χ0n) is 11.4. The summed E-state index contributed by atoms with van der Waals surface area (Å²) in [7, 11) is 0. The lowest BCUT2D eigenvalue weighted by Crippen LogP contribution is -2.43. The number of imide groups is 1. The van der Waals surface area contributed by atoms with E-state index in [0.717, 1.165) is 13.0 Å². The van der Waals surface area contributed by atoms with Gasteiger partial charge in [-0.05, 0) is 13.3 Å². The minimum Gasteiger partial charge on any atom is -0.336 e. The van der Waals surface area contributed by atoms with Gasteiger partial charge in [-0.15, -0.1) is 0 Å². The summed E-state index contributed by atoms with van der Waals surface area (Å²) in [6.07, 6.45) is 6.38. The van der Waals surface area contributed by atoms with Crippen molar-refractivity contribution in [1.82, 2.24) is 19.8 Å². The summed E-state index contributed by atoms with van der Waals surface area (Å²) in [5, 5.41) is 3.15. The number of nitrogens with one attached hydrogen (secondary N) is 1. The van der Waals surface area contributed by atoms with Crippen LogP contribution < -0.4 is 5.32 Å². The summed E-state index contributed by atoms with van der Waals surface area (Å²) < 4.78 is 1.93. The van der Waals surface area contributed by atoms with Gasteiger partial charge in [0.1, 0.15) is 0 Å². The second-order valence-corrected chi connectivity index (χ2v) is 4.87. The first-order valence-corrected chi connectivity index (χ1v) is 6.68. The Labute approximate surface area is 112 Å². The van der Waals surface area contributed by atoms with Crippen molar-refractivity contribution in [3.63, 3.8) is 0 Å². The lowest BCUT2D eigenvalue weighted by molar-refractivity contribution is -0.141. The van der Waals surface area contributed by atoms with E-state index in [2.05, 4.69) is 10.3 Å². The number of hydrogen-bond acceptors (Lipinski definition) is 4. The Morgan fingerprint density at radius 2 is 2.32 bits per heavy atom. The Hall–Kier alpha value is -1.69. The average molecular weight is 264 g/mol. The van der Waals surface area contributed by atoms with Crippen LogP contribution in [0.2, 0.25) is 0 Å². The van der Waals surface area contributed by atoms with Gasteiger partial charge in [0, 0.05) is 31.5 Å². The number of carbonyl (C=O) groups excluding carboxylic acids is 2. The summed E-state index contributed by atoms with van der Waals surface area (Å²) >= 11 is 0. The Kier molecular flexibility index (Phi) is 4.31. The molecule has 2 unspecified atom stereocenters. The van der Waals surface area contributed by atoms with Crippen molar-refractivity contribution < 1.29 is 9.59 Å². The molecule has 1 aromatic heterocycles. The van der Waals surface area contributed by atoms with Crippen LogP contribution in [0.5, 0.6) is 0 Å². The topological polar surface area (TPSA) is 67.2 Å². The van der Waals surface area contributed by atoms with Crippen LogP contribution in [0.1, 0.15) is 26.7 Å². The van der Waals surface area contributed by atoms with E-state index in [1.807, 2.05) is 24.6 Å². The summed E-state index contributed by atoms with van der Waals surface area (Å²) in [4.78, 5) is 29.3. The van der Waals surface area contributed by atoms with Crippen molar-refractivity contribution >= 4 is 11.8 Å². The second-order valence-electron chi connectivity index (χ2n) is 4.87. The first-order chi connectivity index (χ1) is 9.13. The molecule has 1 aromatic rings. The first-order valence-electron chi connectivity index (χ1n) is 6.68. The third-order valence-corrected chi connectivity index (χ3v) is 3.53. The third-order valence-electron chi connectivity index (χ3n) is 3.53. The van der Waals surface area contributed by atoms with Crippen molar-refractivity contribution in [2.24, 2.45) is 0 Å². The molecule has 6 heteroatoms. The van der Waals surface area contributed by atoms with Crippen molar-refractivity contribution in [3.05, 3.63) is 18.7 Å². The van der Waals surface area contributed by atoms with Crippen LogP contribution in [0.25, 0.3) is 0 Å². The van der Waals surface area contributed by atoms with Crippen molar-refractivity contribution in [3.8, 4) is 0 Å². The summed E-state index contributed by atoms with van der Waals surface area (Å²) in [6, 6.07) is -0.384. The molecule has 1 saturated heterocycles. The minimum absolute atomic E-state index is 0.0135. The highest BCUT2D eigenvalue weighted by Crippen LogP contribution is 2.17. The molecule has 2 rings (SSSR count). The molecule has 2 amide bonds. The van der Waals surface area contributed by atoms with Crippen LogP contribution >= 0.6 is 0 Å². The fraction of sp³-hybridized carbons (Fsp3) is 0.615. The summed E-state index contributed by atoms with van der Waals surface area (Å²) in [5.74, 6) is -0.163. The molecule has 1 aliphatic heterocycles. The van der Waals surface area contributed by atoms with Gasteiger partial charge in [0.15, 0.2) is 0 Å². The van der Waals surface area contributed by atoms with Crippen LogP contribution in [-0.4, -0.2) is 44.9 Å². The highest BCUT2D eigenvalue weighted by atomic mass is 16.2. The molecular formula is C13H20N4O2. The SMILES string of the molecule is CCC(C)N1C(=O)CC(NCCn2ccnc2)C1=O. The van der Waals surface area contributed by atoms with Gasteiger partial charge in [0.2, 0.25) is 11.8 Å². The van der Waals surface area contributed by atoms with Crippen LogP contribution in [0, 0.1) is 0 Å². The Bertz CT molecular complexity index is 444. The number of amides is 2. The van der Waals surface area contributed by atoms with E-state index in [9.17, 15) is 9.59 Å². The van der Waals surface area contributed by atoms with Crippen LogP contribution in [0.3, 0.4) is 0 Å². The molecule has 19 heavy (non-hydrogen) atoms. The minimum atomic E-state index is -0.370. The fourth-order valence-corrected chi connectivity index (χ4v) is 2.24. The quantitative estimate of drug-likeness (QED) is 0.755. The number of aromatic nitrogens is 2. The van der Waals surface area contributed by atoms with Crippen molar-refractivity contribution in [2.75, 3.05) is 6.54 Å². The molecule has 6 nitrogen and oxygen atoms in total. The fourth-order valence-electron chi connectivity index (χ4n) is 2.24. The lowest BCUT2D eigenvalue weighted by Gasteiger charge is -2.21. The maximum Gasteiger partial charge on any atom is 0.247 e. The molecule has 1 fully saturated rings. The normalized spacial score (nSPS) is 21.2. The molecular weight excluding hydrogens is 244 g/mol. The number of rotatable bonds is 6. The lowest BCUT2D eigenvalue weighted by atomic mass is 10.2. The molecule has 0 bridgehead atoms. The standard InChI is InChI=1S/C13H20N4O2/c1-3-10(2)17-12(18)8-11(13(17)19)15-5-7-16-6-4-14-9-16/h4,6,9-11,15H,3,5,7-8H2,1-2H3. The summed E-state index contributed by atoms with van der Waals surface area (Å²) in [5.41, 5.74) is 0. The predicted octanol–water partition coefficient (Wildman–Crippen LogP) is 0.399. The molecule has 0 spiro atoms. The van der Waals surface area contributed by atoms with Gasteiger partial charge >= 0.3 is 0 Å². The van der Waals surface area contributed by atoms with Crippen molar-refractivity contribution in [2.45, 2.75) is 45.3 Å². The molecule has 2 atom stereocenters. The first kappa shape index (κ1) is 13.7. The van der Waals surface area contributed by atoms with Crippen LogP contribution in [0.4, 0.5) is 0 Å². The average Bonchev–Trinajstić information content (AvgIpc) is 2.98. The van der Waals surface area contributed by atoms with Gasteiger partial charge in [-0.3, -0.25) is 14.5 Å². The van der Waals surface area contributed by atoms with E-state index in [1.54, 1.807) is 12.5 Å². The predicted molar refractivity (Wildman–Crippen MR) is 70.2 cm³/mol. The maximum atomic E-state index is 12.1. The molecule has 0 aromatic carbocycles. The zero-order chi connectivity index (χ0) is 13.8. The van der Waals surface area contributed by atoms with Crippen molar-refractivity contribution in [1.29, 1.82) is 0 Å². The van der Waals surface area contributed by atoms with Gasteiger partial charge in [-0.2, -0.15) is 0 Å². The molecule has 0 saturated carbocycles. The molecule has 1 N–H and O–H groups in total. The molecule has 104 valence electrons. The zero-order valence-corrected chi connectivity index (χ0v) is 11.4. The van der Waals surface area contributed by atoms with E-state index in [-0.39, 0.29) is 30.3 Å². The monoisotopic (exact) mass is 264 g/mol. The maximum absolute atomic E-state index is 12.1. The van der Waals surface area contributed by atoms with E-state index >= 15 is 0 Å². The number of nitrogens with zero attached hydrogens (tertiary/aromatic N) is 3. The van der Waals surface area contributed by atoms with Crippen LogP contribution in [0.15, 0.2) is 18.7 Å². The van der Waals surface area contributed by atoms with E-state index in [1.165, 1.54) is 4.90 Å². The number of imidazole rings is 1. The number of likely N-dealkylation sites (tertiary alicyclic amines) is 1. The van der Waals surface area contributed by atoms with Gasteiger partial charge in [-0.25, -0.2) is 4.98 Å². The molecule has 0 aliphatic carbocycles. The molecule has 2 heterocycles. The van der Waals surface area contributed by atoms with Gasteiger partial charge < -0.3 is 9.88 Å². The number of hydrogen-bond donors (Lipinski definition) is 1. The van der Waals surface area contributed by atoms with E-state index in [0.29, 0.717) is 6.54 Å². The van der Waals surface area contributed by atoms with E-state index < -0.39 is 0 Å². The molecule has 0 radical (unpaired) electrons. The van der Waals surface area contributed by atoms with Crippen LogP contribution in [-0.2, 0) is 16.1 Å². The Morgan fingerprint density at radius 1 is 1.53 bits per heavy atom. The smallest absolute Gasteiger partial charge is 0.247 e. The Morgan fingerprint density at radius 3 is 2.95 bits per heavy atom. The number of carbonyl (C=O) groups is 2. The largest absolute Gasteiger partial charge is 0.336 e. The van der Waals surface area contributed by atoms with Gasteiger partial charge in [0.05, 0.1) is 18.8 Å². The van der Waals surface area contributed by atoms with Gasteiger partial charge in [0.25, 0.3) is 0 Å².